The number of carboxylic acids is 1. The van der Waals surface area contributed by atoms with Gasteiger partial charge in [-0.2, -0.15) is 0 Å². The van der Waals surface area contributed by atoms with E-state index in [-0.39, 0.29) is 6.10 Å². The van der Waals surface area contributed by atoms with E-state index in [2.05, 4.69) is 0 Å². The van der Waals surface area contributed by atoms with Gasteiger partial charge in [-0.1, -0.05) is 24.3 Å². The van der Waals surface area contributed by atoms with Gasteiger partial charge < -0.3 is 14.6 Å². The Kier molecular flexibility index (Phi) is 3.99. The molecule has 0 aliphatic carbocycles. The van der Waals surface area contributed by atoms with Gasteiger partial charge in [0.1, 0.15) is 18.5 Å². The number of carboxylic acid groups (broad SMARTS) is 1. The maximum atomic E-state index is 10.7. The fraction of sp³-hybridized carbons (Fsp3) is 0.357. The number of rotatable bonds is 6. The highest BCUT2D eigenvalue weighted by Crippen LogP contribution is 2.21. The van der Waals surface area contributed by atoms with Crippen molar-refractivity contribution < 1.29 is 19.4 Å². The molecule has 96 valence electrons. The second-order valence-corrected chi connectivity index (χ2v) is 4.27. The molecule has 0 bridgehead atoms. The number of aliphatic carboxylic acids is 1. The predicted molar refractivity (Wildman–Crippen MR) is 66.8 cm³/mol. The van der Waals surface area contributed by atoms with Crippen LogP contribution in [0.5, 0.6) is 5.75 Å². The summed E-state index contributed by atoms with van der Waals surface area (Å²) >= 11 is 0. The number of allylic oxidation sites excluding steroid dienone is 1. The van der Waals surface area contributed by atoms with Crippen molar-refractivity contribution in [2.75, 3.05) is 13.2 Å². The summed E-state index contributed by atoms with van der Waals surface area (Å²) in [4.78, 5) is 10.7. The number of carbonyl (C=O) groups is 1. The first-order valence-electron chi connectivity index (χ1n) is 5.89. The molecule has 1 unspecified atom stereocenters. The molecule has 1 fully saturated rings. The molecule has 1 atom stereocenters. The SMILES string of the molecule is CC(=CCc1ccccc1OCC1CO1)C(=O)O. The largest absolute Gasteiger partial charge is 0.490 e. The third-order valence-corrected chi connectivity index (χ3v) is 2.77. The Labute approximate surface area is 106 Å². The van der Waals surface area contributed by atoms with E-state index >= 15 is 0 Å². The molecule has 0 saturated carbocycles. The van der Waals surface area contributed by atoms with Gasteiger partial charge in [-0.3, -0.25) is 0 Å². The lowest BCUT2D eigenvalue weighted by Gasteiger charge is -2.09. The summed E-state index contributed by atoms with van der Waals surface area (Å²) in [7, 11) is 0. The van der Waals surface area contributed by atoms with Crippen LogP contribution >= 0.6 is 0 Å². The molecule has 4 heteroatoms. The summed E-state index contributed by atoms with van der Waals surface area (Å²) < 4.78 is 10.7. The first kappa shape index (κ1) is 12.6. The summed E-state index contributed by atoms with van der Waals surface area (Å²) in [6.07, 6.45) is 2.46. The third-order valence-electron chi connectivity index (χ3n) is 2.77. The van der Waals surface area contributed by atoms with E-state index < -0.39 is 5.97 Å². The molecule has 1 heterocycles. The zero-order valence-electron chi connectivity index (χ0n) is 10.3. The van der Waals surface area contributed by atoms with E-state index in [1.807, 2.05) is 24.3 Å². The summed E-state index contributed by atoms with van der Waals surface area (Å²) in [6.45, 7) is 2.91. The topological polar surface area (TPSA) is 59.1 Å². The van der Waals surface area contributed by atoms with E-state index in [1.54, 1.807) is 13.0 Å². The van der Waals surface area contributed by atoms with Gasteiger partial charge in [-0.25, -0.2) is 4.79 Å². The van der Waals surface area contributed by atoms with Crippen LogP contribution in [-0.2, 0) is 16.0 Å². The first-order chi connectivity index (χ1) is 8.66. The highest BCUT2D eigenvalue weighted by molar-refractivity contribution is 5.85. The molecule has 1 aliphatic heterocycles. The second-order valence-electron chi connectivity index (χ2n) is 4.27. The minimum atomic E-state index is -0.889. The first-order valence-corrected chi connectivity index (χ1v) is 5.89. The minimum Gasteiger partial charge on any atom is -0.490 e. The van der Waals surface area contributed by atoms with E-state index in [9.17, 15) is 4.79 Å². The smallest absolute Gasteiger partial charge is 0.330 e. The molecule has 0 radical (unpaired) electrons. The van der Waals surface area contributed by atoms with Crippen LogP contribution in [0.25, 0.3) is 0 Å². The molecular weight excluding hydrogens is 232 g/mol. The van der Waals surface area contributed by atoms with Gasteiger partial charge in [0.25, 0.3) is 0 Å². The van der Waals surface area contributed by atoms with Crippen LogP contribution in [0.15, 0.2) is 35.9 Å². The normalized spacial score (nSPS) is 18.5. The average molecular weight is 248 g/mol. The molecule has 4 nitrogen and oxygen atoms in total. The molecule has 0 amide bonds. The van der Waals surface area contributed by atoms with Crippen molar-refractivity contribution in [1.82, 2.24) is 0 Å². The van der Waals surface area contributed by atoms with Crippen molar-refractivity contribution in [2.24, 2.45) is 0 Å². The van der Waals surface area contributed by atoms with Crippen LogP contribution in [0, 0.1) is 0 Å². The summed E-state index contributed by atoms with van der Waals surface area (Å²) in [5, 5.41) is 8.80. The minimum absolute atomic E-state index is 0.217. The summed E-state index contributed by atoms with van der Waals surface area (Å²) in [5.41, 5.74) is 1.33. The van der Waals surface area contributed by atoms with Crippen LogP contribution in [0.3, 0.4) is 0 Å². The number of hydrogen-bond donors (Lipinski definition) is 1. The fourth-order valence-corrected chi connectivity index (χ4v) is 1.51. The Morgan fingerprint density at radius 2 is 2.28 bits per heavy atom. The number of benzene rings is 1. The monoisotopic (exact) mass is 248 g/mol. The van der Waals surface area contributed by atoms with Crippen LogP contribution < -0.4 is 4.74 Å². The van der Waals surface area contributed by atoms with Gasteiger partial charge in [-0.15, -0.1) is 0 Å². The molecule has 0 aromatic heterocycles. The molecule has 1 aromatic rings. The van der Waals surface area contributed by atoms with Crippen LogP contribution in [0.4, 0.5) is 0 Å². The van der Waals surface area contributed by atoms with Crippen molar-refractivity contribution in [3.63, 3.8) is 0 Å². The predicted octanol–water partition coefficient (Wildman–Crippen LogP) is 2.04. The van der Waals surface area contributed by atoms with Crippen LogP contribution in [0.1, 0.15) is 12.5 Å². The Bertz CT molecular complexity index is 461. The lowest BCUT2D eigenvalue weighted by Crippen LogP contribution is -2.05. The highest BCUT2D eigenvalue weighted by Gasteiger charge is 2.23. The Hall–Kier alpha value is -1.81. The fourth-order valence-electron chi connectivity index (χ4n) is 1.51. The van der Waals surface area contributed by atoms with Crippen molar-refractivity contribution in [3.8, 4) is 5.75 Å². The third kappa shape index (κ3) is 3.60. The zero-order valence-corrected chi connectivity index (χ0v) is 10.3. The maximum Gasteiger partial charge on any atom is 0.330 e. The molecule has 18 heavy (non-hydrogen) atoms. The second kappa shape index (κ2) is 5.69. The van der Waals surface area contributed by atoms with Gasteiger partial charge >= 0.3 is 5.97 Å². The van der Waals surface area contributed by atoms with Crippen molar-refractivity contribution in [1.29, 1.82) is 0 Å². The van der Waals surface area contributed by atoms with Crippen LogP contribution in [0.2, 0.25) is 0 Å². The van der Waals surface area contributed by atoms with E-state index in [4.69, 9.17) is 14.6 Å². The standard InChI is InChI=1S/C14H16O4/c1-10(14(15)16)6-7-11-4-2-3-5-13(11)18-9-12-8-17-12/h2-6,12H,7-9H2,1H3,(H,15,16). The van der Waals surface area contributed by atoms with Gasteiger partial charge in [-0.05, 0) is 25.0 Å². The Morgan fingerprint density at radius 3 is 2.94 bits per heavy atom. The number of para-hydroxylation sites is 1. The van der Waals surface area contributed by atoms with Crippen LogP contribution in [-0.4, -0.2) is 30.4 Å². The van der Waals surface area contributed by atoms with Gasteiger partial charge in [0.15, 0.2) is 0 Å². The van der Waals surface area contributed by atoms with Gasteiger partial charge in [0.2, 0.25) is 0 Å². The molecule has 1 saturated heterocycles. The number of epoxide rings is 1. The Morgan fingerprint density at radius 1 is 1.56 bits per heavy atom. The van der Waals surface area contributed by atoms with E-state index in [0.717, 1.165) is 17.9 Å². The Balaban J connectivity index is 2.01. The molecule has 0 spiro atoms. The number of ether oxygens (including phenoxy) is 2. The molecule has 1 aromatic carbocycles. The quantitative estimate of drug-likeness (QED) is 0.618. The lowest BCUT2D eigenvalue weighted by atomic mass is 10.1. The zero-order chi connectivity index (χ0) is 13.0. The molecular formula is C14H16O4. The molecule has 1 N–H and O–H groups in total. The van der Waals surface area contributed by atoms with Crippen molar-refractivity contribution >= 4 is 5.97 Å². The molecule has 1 aliphatic rings. The maximum absolute atomic E-state index is 10.7. The summed E-state index contributed by atoms with van der Waals surface area (Å²) in [5.74, 6) is -0.0952. The van der Waals surface area contributed by atoms with E-state index in [0.29, 0.717) is 18.6 Å². The van der Waals surface area contributed by atoms with E-state index in [1.165, 1.54) is 0 Å². The van der Waals surface area contributed by atoms with Crippen molar-refractivity contribution in [3.05, 3.63) is 41.5 Å². The lowest BCUT2D eigenvalue weighted by molar-refractivity contribution is -0.132. The average Bonchev–Trinajstić information content (AvgIpc) is 3.18. The highest BCUT2D eigenvalue weighted by atomic mass is 16.6. The van der Waals surface area contributed by atoms with Gasteiger partial charge in [0, 0.05) is 5.57 Å². The summed E-state index contributed by atoms with van der Waals surface area (Å²) in [6, 6.07) is 7.65. The number of hydrogen-bond acceptors (Lipinski definition) is 3. The van der Waals surface area contributed by atoms with Gasteiger partial charge in [0.05, 0.1) is 6.61 Å². The van der Waals surface area contributed by atoms with Crippen molar-refractivity contribution in [2.45, 2.75) is 19.4 Å². The molecule has 2 rings (SSSR count).